The number of ether oxygens (including phenoxy) is 3. The number of carboxylic acids is 3. The molecule has 804 valence electrons. The summed E-state index contributed by atoms with van der Waals surface area (Å²) >= 11 is 7.41. The van der Waals surface area contributed by atoms with Gasteiger partial charge in [0.25, 0.3) is 0 Å². The van der Waals surface area contributed by atoms with Crippen LogP contribution in [0.2, 0.25) is 5.02 Å². The largest absolute Gasteiger partial charge is 0.480 e. The van der Waals surface area contributed by atoms with Crippen LogP contribution in [-0.4, -0.2) is 209 Å². The van der Waals surface area contributed by atoms with Crippen LogP contribution in [0.25, 0.3) is 0 Å². The maximum absolute atomic E-state index is 11.5. The molecule has 37 nitrogen and oxygen atoms in total. The van der Waals surface area contributed by atoms with Gasteiger partial charge in [0.05, 0.1) is 27.4 Å². The molecule has 0 aromatic heterocycles. The lowest BCUT2D eigenvalue weighted by atomic mass is 9.99. The van der Waals surface area contributed by atoms with Gasteiger partial charge in [-0.05, 0) is 180 Å². The predicted octanol–water partition coefficient (Wildman–Crippen LogP) is 14.3. The summed E-state index contributed by atoms with van der Waals surface area (Å²) in [6.45, 7) is 41.6. The number of aryl methyl sites for hydroxylation is 6. The fraction of sp³-hybridized carbons (Fsp3) is 0.434. The van der Waals surface area contributed by atoms with E-state index in [1.165, 1.54) is 117 Å². The molecular formula is C106H157ClN12O25S. The maximum atomic E-state index is 11.5. The molecule has 9 atom stereocenters. The minimum absolute atomic E-state index is 0. The number of rotatable bonds is 30. The number of halogens is 1. The normalized spacial score (nSPS) is 11.4. The lowest BCUT2D eigenvalue weighted by Gasteiger charge is -2.20. The van der Waals surface area contributed by atoms with E-state index in [2.05, 4.69) is 78.0 Å². The highest BCUT2D eigenvalue weighted by Gasteiger charge is 2.28. The average molecular weight is 2070 g/mol. The third-order valence-electron chi connectivity index (χ3n) is 18.3. The number of hydrogen-bond donors (Lipinski definition) is 16. The van der Waals surface area contributed by atoms with E-state index < -0.39 is 72.2 Å². The molecule has 0 bridgehead atoms. The number of hydrogen-bond acceptors (Lipinski definition) is 23. The molecule has 39 heteroatoms. The van der Waals surface area contributed by atoms with Gasteiger partial charge in [-0.3, -0.25) is 57.5 Å². The molecule has 9 unspecified atom stereocenters. The molecular weight excluding hydrogens is 1910 g/mol. The topological polar surface area (TPSA) is 560 Å². The van der Waals surface area contributed by atoms with Gasteiger partial charge in [-0.25, -0.2) is 28.8 Å². The van der Waals surface area contributed by atoms with Crippen molar-refractivity contribution in [3.63, 3.8) is 0 Å². The summed E-state index contributed by atoms with van der Waals surface area (Å²) < 4.78 is 13.6. The van der Waals surface area contributed by atoms with Crippen LogP contribution in [0.3, 0.4) is 0 Å². The number of methoxy groups -OCH3 is 3. The molecule has 0 fully saturated rings. The molecule has 0 heterocycles. The molecule has 16 N–H and O–H groups in total. The Balaban J connectivity index is -0.000000364. The summed E-state index contributed by atoms with van der Waals surface area (Å²) in [5.41, 5.74) is 12.8. The van der Waals surface area contributed by atoms with Crippen LogP contribution in [0.4, 0.5) is 28.4 Å². The van der Waals surface area contributed by atoms with Crippen LogP contribution in [-0.2, 0) is 113 Å². The Kier molecular flexibility index (Phi) is 80.0. The number of amides is 12. The first kappa shape index (κ1) is 141. The molecule has 0 aliphatic rings. The number of nitrogens with one attached hydrogen (secondary N) is 12. The van der Waals surface area contributed by atoms with E-state index in [-0.39, 0.29) is 96.1 Å². The summed E-state index contributed by atoms with van der Waals surface area (Å²) in [6.07, 6.45) is 3.96. The highest BCUT2D eigenvalue weighted by Crippen LogP contribution is 2.21. The second-order valence-electron chi connectivity index (χ2n) is 32.7. The van der Waals surface area contributed by atoms with Gasteiger partial charge in [0.1, 0.15) is 30.2 Å². The number of para-hydroxylation sites is 1. The fourth-order valence-corrected chi connectivity index (χ4v) is 11.6. The molecule has 0 spiro atoms. The molecule has 0 radical (unpaired) electrons. The Morgan fingerprint density at radius 2 is 0.690 bits per heavy atom. The van der Waals surface area contributed by atoms with E-state index in [0.29, 0.717) is 30.3 Å². The zero-order chi connectivity index (χ0) is 112. The number of carboxylic acid groups (broad SMARTS) is 3. The highest BCUT2D eigenvalue weighted by atomic mass is 35.5. The molecule has 0 aliphatic heterocycles. The van der Waals surface area contributed by atoms with Gasteiger partial charge in [-0.2, -0.15) is 11.8 Å². The minimum atomic E-state index is -1.02. The monoisotopic (exact) mass is 2070 g/mol. The van der Waals surface area contributed by atoms with Crippen LogP contribution in [0.5, 0.6) is 0 Å². The first-order valence-electron chi connectivity index (χ1n) is 45.6. The van der Waals surface area contributed by atoms with Crippen molar-refractivity contribution in [1.29, 1.82) is 0 Å². The molecule has 7 aromatic rings. The Hall–Kier alpha value is -14.4. The number of aliphatic carboxylic acids is 3. The molecule has 0 saturated heterocycles. The van der Waals surface area contributed by atoms with E-state index in [9.17, 15) is 86.3 Å². The third kappa shape index (κ3) is 78.8. The van der Waals surface area contributed by atoms with E-state index in [1.807, 2.05) is 239 Å². The van der Waals surface area contributed by atoms with E-state index in [1.54, 1.807) is 31.7 Å². The number of aliphatic hydroxyl groups is 1. The summed E-state index contributed by atoms with van der Waals surface area (Å²) in [5.74, 6) is -5.66. The number of carbonyl (C=O) groups is 18. The quantitative estimate of drug-likeness (QED) is 0.0147. The molecule has 12 amide bonds. The molecule has 0 aliphatic carbocycles. The first-order chi connectivity index (χ1) is 67.1. The molecule has 7 aromatic carbocycles. The SMILES string of the molecule is C.CC(=O)NC(C(=O)O)C(C)C.CC(=O)NC(Cc1ccccc1)C(=O)O.CC(=O)Nc1ccc(C)c(Cl)c1.CC(=O)Nc1ccc(C)cc1.CC(=O)Nc1cccc(C)c1.CC(=O)Nc1cccc(C)c1.CC(=O)Nc1ccccc1C.CCC(C)C(NC(C)=O)C(=O)OC.CCC(C)NC(C)=O.COC(=O)C(Cc1ccc(C)cc1)NC(C)=O.COC(=O)C(NC(C)=O)C(C)O.CSCCC(NC(C)=O)C(=O)O. The van der Waals surface area contributed by atoms with Gasteiger partial charge < -0.3 is 98.4 Å². The third-order valence-corrected chi connectivity index (χ3v) is 19.4. The van der Waals surface area contributed by atoms with E-state index in [4.69, 9.17) is 32.0 Å². The van der Waals surface area contributed by atoms with Crippen LogP contribution in [0.1, 0.15) is 203 Å². The average Bonchev–Trinajstić information content (AvgIpc) is 0.886. The Morgan fingerprint density at radius 1 is 0.338 bits per heavy atom. The van der Waals surface area contributed by atoms with Gasteiger partial charge in [-0.15, -0.1) is 0 Å². The lowest BCUT2D eigenvalue weighted by Crippen LogP contribution is -2.47. The van der Waals surface area contributed by atoms with Gasteiger partial charge in [-0.1, -0.05) is 186 Å². The van der Waals surface area contributed by atoms with Gasteiger partial charge in [0.2, 0.25) is 70.9 Å². The Bertz CT molecular complexity index is 5050. The van der Waals surface area contributed by atoms with Crippen LogP contribution < -0.4 is 63.8 Å². The van der Waals surface area contributed by atoms with E-state index in [0.717, 1.165) is 86.0 Å². The molecule has 145 heavy (non-hydrogen) atoms. The van der Waals surface area contributed by atoms with Crippen LogP contribution in [0.15, 0.2) is 170 Å². The fourth-order valence-electron chi connectivity index (χ4n) is 11.0. The van der Waals surface area contributed by atoms with Crippen LogP contribution in [0, 0.1) is 53.4 Å². The van der Waals surface area contributed by atoms with Crippen molar-refractivity contribution in [3.05, 3.63) is 219 Å². The first-order valence-corrected chi connectivity index (χ1v) is 47.4. The molecule has 7 rings (SSSR count). The van der Waals surface area contributed by atoms with Crippen LogP contribution >= 0.6 is 23.4 Å². The molecule has 0 saturated carbocycles. The summed E-state index contributed by atoms with van der Waals surface area (Å²) in [5, 5.41) is 66.5. The second-order valence-corrected chi connectivity index (χ2v) is 34.1. The smallest absolute Gasteiger partial charge is 0.331 e. The standard InChI is InChI=1S/C13H17NO3.C11H13NO3.C9H10ClNO.C9H17NO3.4C9H11NO.C7H13NO4.C7H13NO3S.C7H13NO3.C6H13NO.CH4/c1-9-4-6-11(7-5-9)8-12(13(16)17-3)14-10(2)15;1-8(13)12-10(11(14)15)7-9-5-3-2-4-6-9;1-6-3-4-8(5-9(6)10)11-7(2)12;1-5-6(2)8(9(12)13-4)10-7(3)11;1-7-3-5-9(6-4-7)10-8(2)11;2*1-7-4-3-5-9(6-7)10-8(2)11;1-7-5-3-4-6-9(7)10-8(2)11;1-4(9)6(7(11)12-3)8-5(2)10;1-5(9)8-6(7(10)11)3-4-12-2;1-4(2)6(7(10)11)8-5(3)9;1-4-5(2)7-6(3)8;/h4-7,12H,8H2,1-3H3,(H,14,15);2-6,10H,7H2,1H3,(H,12,13)(H,14,15);3-5H,1-2H3,(H,11,12);6,8H,5H2,1-4H3,(H,10,11);4*3-6H,1-2H3,(H,10,11);4,6,9H,1-3H3,(H,8,10);6H,3-4H2,1-2H3,(H,8,9)(H,10,11);4,6H,1-3H3,(H,8,9)(H,10,11);5H,4H2,1-3H3,(H,7,8);1H4. The van der Waals surface area contributed by atoms with Crippen molar-refractivity contribution < 1.29 is 121 Å². The second kappa shape index (κ2) is 82.1. The summed E-state index contributed by atoms with van der Waals surface area (Å²) in [6, 6.07) is 49.1. The maximum Gasteiger partial charge on any atom is 0.331 e. The number of anilines is 5. The van der Waals surface area contributed by atoms with Gasteiger partial charge >= 0.3 is 35.8 Å². The number of benzene rings is 7. The van der Waals surface area contributed by atoms with Crippen molar-refractivity contribution in [2.24, 2.45) is 11.8 Å². The highest BCUT2D eigenvalue weighted by molar-refractivity contribution is 7.98. The Morgan fingerprint density at radius 3 is 1.03 bits per heavy atom. The zero-order valence-electron chi connectivity index (χ0n) is 88.3. The summed E-state index contributed by atoms with van der Waals surface area (Å²) in [7, 11) is 3.82. The number of esters is 3. The number of aliphatic hydroxyl groups excluding tert-OH is 1. The number of carbonyl (C=O) groups excluding carboxylic acids is 15. The minimum Gasteiger partial charge on any atom is -0.480 e. The lowest BCUT2D eigenvalue weighted by molar-refractivity contribution is -0.148. The Labute approximate surface area is 864 Å². The van der Waals surface area contributed by atoms with E-state index >= 15 is 0 Å². The van der Waals surface area contributed by atoms with Crippen molar-refractivity contribution in [3.8, 4) is 0 Å². The number of thioether (sulfide) groups is 1. The van der Waals surface area contributed by atoms with Gasteiger partial charge in [0, 0.05) is 135 Å². The zero-order valence-corrected chi connectivity index (χ0v) is 89.9. The summed E-state index contributed by atoms with van der Waals surface area (Å²) in [4.78, 5) is 193. The van der Waals surface area contributed by atoms with Crippen molar-refractivity contribution in [1.82, 2.24) is 37.2 Å². The van der Waals surface area contributed by atoms with Crippen molar-refractivity contribution in [2.45, 2.75) is 261 Å². The predicted molar refractivity (Wildman–Crippen MR) is 571 cm³/mol. The van der Waals surface area contributed by atoms with Gasteiger partial charge in [0.15, 0.2) is 6.04 Å². The van der Waals surface area contributed by atoms with Crippen molar-refractivity contribution >= 4 is 159 Å². The van der Waals surface area contributed by atoms with Crippen molar-refractivity contribution in [2.75, 3.05) is 59.9 Å².